The monoisotopic (exact) mass is 391 g/mol. The van der Waals surface area contributed by atoms with Crippen LogP contribution in [-0.2, 0) is 19.1 Å². The Kier molecular flexibility index (Phi) is 7.95. The molecule has 0 radical (unpaired) electrons. The number of ketones is 1. The third kappa shape index (κ3) is 5.28. The van der Waals surface area contributed by atoms with Crippen molar-refractivity contribution in [3.8, 4) is 0 Å². The van der Waals surface area contributed by atoms with Gasteiger partial charge in [0.2, 0.25) is 5.78 Å². The highest BCUT2D eigenvalue weighted by molar-refractivity contribution is 6.24. The molecule has 1 N–H and O–H groups in total. The van der Waals surface area contributed by atoms with Crippen LogP contribution in [0.1, 0.15) is 29.8 Å². The van der Waals surface area contributed by atoms with E-state index in [1.165, 1.54) is 13.8 Å². The summed E-state index contributed by atoms with van der Waals surface area (Å²) in [5, 5.41) is 2.47. The maximum Gasteiger partial charge on any atom is 0.343 e. The van der Waals surface area contributed by atoms with Gasteiger partial charge in [0.05, 0.1) is 12.2 Å². The van der Waals surface area contributed by atoms with Crippen LogP contribution in [0.5, 0.6) is 0 Å². The Balaban J connectivity index is 3.25. The minimum absolute atomic E-state index is 0.0244. The number of nitrogens with one attached hydrogen (secondary N) is 1. The Morgan fingerprint density at radius 3 is 2.15 bits per heavy atom. The van der Waals surface area contributed by atoms with Crippen LogP contribution in [0.2, 0.25) is 0 Å². The van der Waals surface area contributed by atoms with E-state index in [0.29, 0.717) is 0 Å². The van der Waals surface area contributed by atoms with Crippen LogP contribution in [0.25, 0.3) is 0 Å². The van der Waals surface area contributed by atoms with Crippen molar-refractivity contribution in [1.29, 1.82) is 0 Å². The highest BCUT2D eigenvalue weighted by Gasteiger charge is 2.31. The minimum Gasteiger partial charge on any atom is -0.464 e. The fourth-order valence-corrected chi connectivity index (χ4v) is 2.00. The molecule has 0 amide bonds. The SMILES string of the molecule is CCOC(=O)/C(=C\NCCOC(C)=O)C(=O)c1c(C)c(F)c(F)c(F)c1F. The van der Waals surface area contributed by atoms with E-state index < -0.39 is 57.7 Å². The molecule has 27 heavy (non-hydrogen) atoms. The zero-order valence-corrected chi connectivity index (χ0v) is 14.8. The number of halogens is 4. The zero-order chi connectivity index (χ0) is 20.7. The van der Waals surface area contributed by atoms with E-state index in [9.17, 15) is 31.9 Å². The number of benzene rings is 1. The predicted molar refractivity (Wildman–Crippen MR) is 84.7 cm³/mol. The molecule has 0 heterocycles. The van der Waals surface area contributed by atoms with Gasteiger partial charge in [-0.25, -0.2) is 22.4 Å². The summed E-state index contributed by atoms with van der Waals surface area (Å²) >= 11 is 0. The highest BCUT2D eigenvalue weighted by atomic mass is 19.2. The van der Waals surface area contributed by atoms with Gasteiger partial charge in [0.15, 0.2) is 23.3 Å². The second-order valence-corrected chi connectivity index (χ2v) is 5.16. The Hall–Kier alpha value is -2.91. The van der Waals surface area contributed by atoms with E-state index in [0.717, 1.165) is 13.1 Å². The molecule has 10 heteroatoms. The fourth-order valence-electron chi connectivity index (χ4n) is 2.00. The van der Waals surface area contributed by atoms with E-state index in [1.54, 1.807) is 0 Å². The quantitative estimate of drug-likeness (QED) is 0.0843. The first-order valence-corrected chi connectivity index (χ1v) is 7.74. The molecule has 0 aliphatic heterocycles. The summed E-state index contributed by atoms with van der Waals surface area (Å²) in [4.78, 5) is 35.1. The number of carbonyl (C=O) groups is 3. The summed E-state index contributed by atoms with van der Waals surface area (Å²) in [6.45, 7) is 3.21. The molecule has 1 rings (SSSR count). The molecule has 0 saturated carbocycles. The van der Waals surface area contributed by atoms with Gasteiger partial charge in [-0.3, -0.25) is 9.59 Å². The summed E-state index contributed by atoms with van der Waals surface area (Å²) in [6, 6.07) is 0. The van der Waals surface area contributed by atoms with Crippen molar-refractivity contribution in [2.24, 2.45) is 0 Å². The molecule has 1 aromatic carbocycles. The third-order valence-corrected chi connectivity index (χ3v) is 3.27. The van der Waals surface area contributed by atoms with Crippen LogP contribution in [0.4, 0.5) is 17.6 Å². The van der Waals surface area contributed by atoms with E-state index >= 15 is 0 Å². The lowest BCUT2D eigenvalue weighted by Gasteiger charge is -2.12. The molecule has 148 valence electrons. The summed E-state index contributed by atoms with van der Waals surface area (Å²) in [5.41, 5.74) is -2.70. The minimum atomic E-state index is -2.17. The molecule has 0 atom stereocenters. The number of rotatable bonds is 8. The van der Waals surface area contributed by atoms with Crippen molar-refractivity contribution in [3.05, 3.63) is 46.2 Å². The number of Topliss-reactive ketones (excluding diaryl/α,β-unsaturated/α-hetero) is 1. The summed E-state index contributed by atoms with van der Waals surface area (Å²) in [6.07, 6.45) is 0.835. The van der Waals surface area contributed by atoms with Gasteiger partial charge in [-0.2, -0.15) is 0 Å². The molecule has 0 aromatic heterocycles. The van der Waals surface area contributed by atoms with Crippen LogP contribution < -0.4 is 5.32 Å². The topological polar surface area (TPSA) is 81.7 Å². The van der Waals surface area contributed by atoms with E-state index in [-0.39, 0.29) is 19.8 Å². The molecular weight excluding hydrogens is 374 g/mol. The number of hydrogen-bond acceptors (Lipinski definition) is 6. The second-order valence-electron chi connectivity index (χ2n) is 5.16. The van der Waals surface area contributed by atoms with Crippen molar-refractivity contribution in [3.63, 3.8) is 0 Å². The van der Waals surface area contributed by atoms with Crippen LogP contribution >= 0.6 is 0 Å². The lowest BCUT2D eigenvalue weighted by molar-refractivity contribution is -0.141. The standard InChI is InChI=1S/C17H17F4NO5/c1-4-26-17(25)10(7-22-5-6-27-9(3)23)16(24)11-8(2)12(18)14(20)15(21)13(11)19/h7,22H,4-6H2,1-3H3/b10-7-. The molecule has 0 saturated heterocycles. The van der Waals surface area contributed by atoms with Crippen molar-refractivity contribution in [1.82, 2.24) is 5.32 Å². The maximum absolute atomic E-state index is 14.0. The highest BCUT2D eigenvalue weighted by Crippen LogP contribution is 2.26. The van der Waals surface area contributed by atoms with Crippen LogP contribution in [-0.4, -0.2) is 37.5 Å². The lowest BCUT2D eigenvalue weighted by atomic mass is 9.97. The average molecular weight is 391 g/mol. The second kappa shape index (κ2) is 9.70. The van der Waals surface area contributed by atoms with Gasteiger partial charge in [0.25, 0.3) is 0 Å². The van der Waals surface area contributed by atoms with Gasteiger partial charge in [0, 0.05) is 25.2 Å². The molecule has 0 bridgehead atoms. The van der Waals surface area contributed by atoms with E-state index in [1.807, 2.05) is 0 Å². The lowest BCUT2D eigenvalue weighted by Crippen LogP contribution is -2.24. The molecule has 0 unspecified atom stereocenters. The number of esters is 2. The van der Waals surface area contributed by atoms with Crippen molar-refractivity contribution in [2.45, 2.75) is 20.8 Å². The number of carbonyl (C=O) groups excluding carboxylic acids is 3. The number of hydrogen-bond donors (Lipinski definition) is 1. The van der Waals surface area contributed by atoms with E-state index in [2.05, 4.69) is 14.8 Å². The fraction of sp³-hybridized carbons (Fsp3) is 0.353. The van der Waals surface area contributed by atoms with Crippen LogP contribution in [0, 0.1) is 30.2 Å². The van der Waals surface area contributed by atoms with Gasteiger partial charge in [0.1, 0.15) is 12.2 Å². The Morgan fingerprint density at radius 1 is 1.00 bits per heavy atom. The first kappa shape index (κ1) is 22.1. The largest absolute Gasteiger partial charge is 0.464 e. The van der Waals surface area contributed by atoms with Gasteiger partial charge >= 0.3 is 11.9 Å². The normalized spacial score (nSPS) is 11.1. The van der Waals surface area contributed by atoms with Gasteiger partial charge in [-0.15, -0.1) is 0 Å². The Bertz CT molecular complexity index is 763. The molecule has 0 aliphatic rings. The molecular formula is C17H17F4NO5. The summed E-state index contributed by atoms with van der Waals surface area (Å²) in [5.74, 6) is -11.1. The van der Waals surface area contributed by atoms with Crippen molar-refractivity contribution < 1.29 is 41.4 Å². The average Bonchev–Trinajstić information content (AvgIpc) is 2.61. The predicted octanol–water partition coefficient (Wildman–Crippen LogP) is 2.33. The summed E-state index contributed by atoms with van der Waals surface area (Å²) < 4.78 is 63.8. The van der Waals surface area contributed by atoms with Crippen LogP contribution in [0.15, 0.2) is 11.8 Å². The van der Waals surface area contributed by atoms with Gasteiger partial charge in [-0.1, -0.05) is 0 Å². The molecule has 0 aliphatic carbocycles. The van der Waals surface area contributed by atoms with Gasteiger partial charge < -0.3 is 14.8 Å². The van der Waals surface area contributed by atoms with Crippen molar-refractivity contribution in [2.75, 3.05) is 19.8 Å². The molecule has 0 spiro atoms. The Morgan fingerprint density at radius 2 is 1.59 bits per heavy atom. The molecule has 0 fully saturated rings. The molecule has 6 nitrogen and oxygen atoms in total. The first-order valence-electron chi connectivity index (χ1n) is 7.74. The first-order chi connectivity index (χ1) is 12.6. The van der Waals surface area contributed by atoms with Crippen molar-refractivity contribution >= 4 is 17.7 Å². The Labute approximate surface area is 152 Å². The van der Waals surface area contributed by atoms with E-state index in [4.69, 9.17) is 0 Å². The molecule has 1 aromatic rings. The van der Waals surface area contributed by atoms with Gasteiger partial charge in [-0.05, 0) is 13.8 Å². The smallest absolute Gasteiger partial charge is 0.343 e. The maximum atomic E-state index is 14.0. The zero-order valence-electron chi connectivity index (χ0n) is 14.8. The third-order valence-electron chi connectivity index (χ3n) is 3.27. The number of ether oxygens (including phenoxy) is 2. The van der Waals surface area contributed by atoms with Crippen LogP contribution in [0.3, 0.4) is 0 Å². The summed E-state index contributed by atoms with van der Waals surface area (Å²) in [7, 11) is 0.